The summed E-state index contributed by atoms with van der Waals surface area (Å²) in [6.07, 6.45) is 2.59. The van der Waals surface area contributed by atoms with Gasteiger partial charge < -0.3 is 18.9 Å². The van der Waals surface area contributed by atoms with E-state index in [1.165, 1.54) is 52.7 Å². The molecule has 142 valence electrons. The first-order chi connectivity index (χ1) is 12.9. The summed E-state index contributed by atoms with van der Waals surface area (Å²) in [5, 5.41) is 11.3. The first-order valence-corrected chi connectivity index (χ1v) is 7.80. The van der Waals surface area contributed by atoms with E-state index in [1.807, 2.05) is 0 Å². The van der Waals surface area contributed by atoms with Crippen molar-refractivity contribution in [3.8, 4) is 23.0 Å². The Bertz CT molecular complexity index is 890. The smallest absolute Gasteiger partial charge is 0.280 e. The third-order valence-electron chi connectivity index (χ3n) is 3.82. The molecule has 0 aliphatic carbocycles. The van der Waals surface area contributed by atoms with E-state index in [0.29, 0.717) is 22.8 Å². The Hall–Kier alpha value is -3.55. The molecule has 0 fully saturated rings. The highest BCUT2D eigenvalue weighted by molar-refractivity contribution is 6.09. The lowest BCUT2D eigenvalue weighted by atomic mass is 10.1. The maximum absolute atomic E-state index is 12.5. The van der Waals surface area contributed by atoms with E-state index in [0.717, 1.165) is 0 Å². The second-order valence-electron chi connectivity index (χ2n) is 5.29. The lowest BCUT2D eigenvalue weighted by Gasteiger charge is -2.09. The third-order valence-corrected chi connectivity index (χ3v) is 3.82. The number of allylic oxidation sites excluding steroid dienone is 1. The highest BCUT2D eigenvalue weighted by Gasteiger charge is 2.18. The molecule has 0 aliphatic heterocycles. The van der Waals surface area contributed by atoms with Gasteiger partial charge >= 0.3 is 0 Å². The molecular weight excluding hydrogens is 354 g/mol. The molecule has 0 saturated heterocycles. The number of nitrogens with zero attached hydrogens (tertiary/aromatic N) is 1. The molecule has 0 amide bonds. The van der Waals surface area contributed by atoms with Gasteiger partial charge in [-0.3, -0.25) is 14.9 Å². The molecule has 0 radical (unpaired) electrons. The van der Waals surface area contributed by atoms with Crippen LogP contribution in [0.25, 0.3) is 6.08 Å². The van der Waals surface area contributed by atoms with E-state index in [1.54, 1.807) is 18.2 Å². The van der Waals surface area contributed by atoms with Crippen LogP contribution in [0.1, 0.15) is 15.9 Å². The monoisotopic (exact) mass is 373 g/mol. The molecule has 2 aromatic carbocycles. The molecule has 0 spiro atoms. The minimum Gasteiger partial charge on any atom is -0.497 e. The Morgan fingerprint density at radius 1 is 0.926 bits per heavy atom. The predicted octanol–water partition coefficient (Wildman–Crippen LogP) is 3.53. The van der Waals surface area contributed by atoms with Gasteiger partial charge in [-0.15, -0.1) is 0 Å². The van der Waals surface area contributed by atoms with Crippen molar-refractivity contribution in [2.75, 3.05) is 28.4 Å². The van der Waals surface area contributed by atoms with Crippen molar-refractivity contribution in [2.45, 2.75) is 0 Å². The summed E-state index contributed by atoms with van der Waals surface area (Å²) >= 11 is 0. The van der Waals surface area contributed by atoms with Crippen LogP contribution in [0.4, 0.5) is 5.69 Å². The van der Waals surface area contributed by atoms with Gasteiger partial charge in [0.1, 0.15) is 11.5 Å². The van der Waals surface area contributed by atoms with Crippen LogP contribution in [0.5, 0.6) is 23.0 Å². The van der Waals surface area contributed by atoms with Crippen LogP contribution < -0.4 is 18.9 Å². The quantitative estimate of drug-likeness (QED) is 0.302. The Labute approximate surface area is 156 Å². The maximum atomic E-state index is 12.5. The number of hydrogen-bond donors (Lipinski definition) is 0. The molecule has 0 unspecified atom stereocenters. The minimum absolute atomic E-state index is 0.207. The number of ether oxygens (including phenoxy) is 4. The summed E-state index contributed by atoms with van der Waals surface area (Å²) in [6.45, 7) is 0. The number of ketones is 1. The van der Waals surface area contributed by atoms with Crippen LogP contribution in [0, 0.1) is 10.1 Å². The molecule has 27 heavy (non-hydrogen) atoms. The molecule has 8 heteroatoms. The third kappa shape index (κ3) is 4.35. The van der Waals surface area contributed by atoms with Crippen molar-refractivity contribution in [2.24, 2.45) is 0 Å². The number of rotatable bonds is 8. The van der Waals surface area contributed by atoms with Crippen LogP contribution in [-0.4, -0.2) is 39.1 Å². The van der Waals surface area contributed by atoms with E-state index in [4.69, 9.17) is 18.9 Å². The van der Waals surface area contributed by atoms with E-state index < -0.39 is 4.92 Å². The molecular formula is C19H19NO7. The fraction of sp³-hybridized carbons (Fsp3) is 0.211. The van der Waals surface area contributed by atoms with Gasteiger partial charge in [0.05, 0.1) is 50.6 Å². The molecule has 2 aromatic rings. The topological polar surface area (TPSA) is 97.1 Å². The molecule has 0 bridgehead atoms. The maximum Gasteiger partial charge on any atom is 0.280 e. The van der Waals surface area contributed by atoms with Gasteiger partial charge in [-0.2, -0.15) is 0 Å². The zero-order chi connectivity index (χ0) is 20.0. The van der Waals surface area contributed by atoms with Gasteiger partial charge in [-0.1, -0.05) is 0 Å². The van der Waals surface area contributed by atoms with Gasteiger partial charge in [-0.05, 0) is 30.4 Å². The number of nitro benzene ring substituents is 1. The summed E-state index contributed by atoms with van der Waals surface area (Å²) in [5.41, 5.74) is 0.301. The summed E-state index contributed by atoms with van der Waals surface area (Å²) in [7, 11) is 5.75. The lowest BCUT2D eigenvalue weighted by molar-refractivity contribution is -0.385. The summed E-state index contributed by atoms with van der Waals surface area (Å²) in [5.74, 6) is 1.05. The number of nitro groups is 1. The largest absolute Gasteiger partial charge is 0.497 e. The van der Waals surface area contributed by atoms with E-state index in [9.17, 15) is 14.9 Å². The number of carbonyl (C=O) groups excluding carboxylic acids is 1. The van der Waals surface area contributed by atoms with Crippen molar-refractivity contribution < 1.29 is 28.7 Å². The molecule has 8 nitrogen and oxygen atoms in total. The fourth-order valence-electron chi connectivity index (χ4n) is 2.43. The number of carbonyl (C=O) groups is 1. The molecule has 0 aliphatic rings. The van der Waals surface area contributed by atoms with Crippen molar-refractivity contribution in [3.63, 3.8) is 0 Å². The van der Waals surface area contributed by atoms with Crippen LogP contribution in [0.3, 0.4) is 0 Å². The zero-order valence-corrected chi connectivity index (χ0v) is 15.3. The highest BCUT2D eigenvalue weighted by Crippen LogP contribution is 2.35. The van der Waals surface area contributed by atoms with Crippen molar-refractivity contribution in [1.29, 1.82) is 0 Å². The molecule has 2 rings (SSSR count). The molecule has 0 atom stereocenters. The molecule has 0 saturated carbocycles. The minimum atomic E-state index is -0.555. The highest BCUT2D eigenvalue weighted by atomic mass is 16.6. The van der Waals surface area contributed by atoms with E-state index >= 15 is 0 Å². The Kier molecular flexibility index (Phi) is 6.37. The van der Waals surface area contributed by atoms with Gasteiger partial charge in [0.2, 0.25) is 0 Å². The molecule has 0 N–H and O–H groups in total. The van der Waals surface area contributed by atoms with Crippen LogP contribution in [0.2, 0.25) is 0 Å². The summed E-state index contributed by atoms with van der Waals surface area (Å²) < 4.78 is 20.6. The van der Waals surface area contributed by atoms with E-state index in [-0.39, 0.29) is 22.8 Å². The van der Waals surface area contributed by atoms with Crippen LogP contribution >= 0.6 is 0 Å². The first-order valence-electron chi connectivity index (χ1n) is 7.80. The Balaban J connectivity index is 2.42. The Morgan fingerprint density at radius 3 is 2.11 bits per heavy atom. The number of benzene rings is 2. The van der Waals surface area contributed by atoms with Crippen LogP contribution in [0.15, 0.2) is 36.4 Å². The van der Waals surface area contributed by atoms with E-state index in [2.05, 4.69) is 0 Å². The number of hydrogen-bond acceptors (Lipinski definition) is 7. The Morgan fingerprint density at radius 2 is 1.56 bits per heavy atom. The second-order valence-corrected chi connectivity index (χ2v) is 5.29. The van der Waals surface area contributed by atoms with Crippen molar-refractivity contribution >= 4 is 17.5 Å². The van der Waals surface area contributed by atoms with Gasteiger partial charge in [0, 0.05) is 6.07 Å². The molecule has 0 heterocycles. The average molecular weight is 373 g/mol. The SMILES string of the molecule is COc1ccc(C(=O)/C=C/c2cc(OC)c(OC)cc2[N+](=O)[O-])c(OC)c1. The average Bonchev–Trinajstić information content (AvgIpc) is 2.70. The first kappa shape index (κ1) is 19.8. The van der Waals surface area contributed by atoms with Crippen LogP contribution in [-0.2, 0) is 0 Å². The standard InChI is InChI=1S/C19H19NO7/c1-24-13-6-7-14(17(10-13)25-2)16(21)8-5-12-9-18(26-3)19(27-4)11-15(12)20(22)23/h5-11H,1-4H3/b8-5+. The van der Waals surface area contributed by atoms with Gasteiger partial charge in [0.25, 0.3) is 5.69 Å². The summed E-state index contributed by atoms with van der Waals surface area (Å²) in [6, 6.07) is 7.46. The lowest BCUT2D eigenvalue weighted by Crippen LogP contribution is -2.00. The molecule has 0 aromatic heterocycles. The summed E-state index contributed by atoms with van der Waals surface area (Å²) in [4.78, 5) is 23.3. The van der Waals surface area contributed by atoms with Crippen molar-refractivity contribution in [1.82, 2.24) is 0 Å². The van der Waals surface area contributed by atoms with Gasteiger partial charge in [-0.25, -0.2) is 0 Å². The van der Waals surface area contributed by atoms with Gasteiger partial charge in [0.15, 0.2) is 17.3 Å². The predicted molar refractivity (Wildman–Crippen MR) is 99.1 cm³/mol. The fourth-order valence-corrected chi connectivity index (χ4v) is 2.43. The second kappa shape index (κ2) is 8.70. The zero-order valence-electron chi connectivity index (χ0n) is 15.3. The normalized spacial score (nSPS) is 10.5. The van der Waals surface area contributed by atoms with Crippen molar-refractivity contribution in [3.05, 3.63) is 57.6 Å². The number of methoxy groups -OCH3 is 4.